The number of fused-ring (bicyclic) bond motifs is 3. The minimum Gasteiger partial charge on any atom is -0.358 e. The number of hydrogen-bond donors (Lipinski definition) is 1. The van der Waals surface area contributed by atoms with Crippen molar-refractivity contribution in [1.29, 1.82) is 0 Å². The molecule has 4 heterocycles. The lowest BCUT2D eigenvalue weighted by molar-refractivity contribution is -0.137. The van der Waals surface area contributed by atoms with E-state index >= 15 is 0 Å². The van der Waals surface area contributed by atoms with Gasteiger partial charge in [-0.25, -0.2) is 13.4 Å². The molecule has 0 atom stereocenters. The number of amides is 1. The maximum atomic E-state index is 13.3. The average molecular weight is 493 g/mol. The highest BCUT2D eigenvalue weighted by Crippen LogP contribution is 2.32. The quantitative estimate of drug-likeness (QED) is 0.562. The minimum absolute atomic E-state index is 0.00741. The number of nitrogens with zero attached hydrogens (tertiary/aromatic N) is 3. The second kappa shape index (κ2) is 8.33. The largest absolute Gasteiger partial charge is 0.358 e. The van der Waals surface area contributed by atoms with Crippen LogP contribution < -0.4 is 0 Å². The average Bonchev–Trinajstić information content (AvgIpc) is 3.16. The van der Waals surface area contributed by atoms with Gasteiger partial charge in [-0.2, -0.15) is 4.31 Å². The van der Waals surface area contributed by atoms with Gasteiger partial charge in [0.2, 0.25) is 15.9 Å². The number of H-pyrrole nitrogens is 1. The highest BCUT2D eigenvalue weighted by molar-refractivity contribution is 7.89. The summed E-state index contributed by atoms with van der Waals surface area (Å²) in [6.07, 6.45) is 3.19. The molecule has 0 aliphatic carbocycles. The third kappa shape index (κ3) is 3.79. The van der Waals surface area contributed by atoms with Gasteiger partial charge in [0.1, 0.15) is 10.0 Å². The SMILES string of the molecule is O=C(C1CCN(S(=O)(=O)c2cccnc2Cl)CC1)N1CCc2[nH]c3ccc(Cl)cc3c2C1. The van der Waals surface area contributed by atoms with Gasteiger partial charge in [0, 0.05) is 71.9 Å². The van der Waals surface area contributed by atoms with Crippen molar-refractivity contribution >= 4 is 50.0 Å². The molecule has 1 saturated heterocycles. The van der Waals surface area contributed by atoms with E-state index in [1.165, 1.54) is 16.6 Å². The van der Waals surface area contributed by atoms with Crippen LogP contribution in [0.1, 0.15) is 24.1 Å². The van der Waals surface area contributed by atoms with E-state index in [-0.39, 0.29) is 35.0 Å². The van der Waals surface area contributed by atoms with Crippen molar-refractivity contribution in [2.24, 2.45) is 5.92 Å². The van der Waals surface area contributed by atoms with Crippen molar-refractivity contribution < 1.29 is 13.2 Å². The summed E-state index contributed by atoms with van der Waals surface area (Å²) in [6, 6.07) is 8.77. The number of aromatic nitrogens is 2. The summed E-state index contributed by atoms with van der Waals surface area (Å²) in [5, 5.41) is 1.69. The summed E-state index contributed by atoms with van der Waals surface area (Å²) in [4.78, 5) is 22.5. The van der Waals surface area contributed by atoms with E-state index in [1.807, 2.05) is 23.1 Å². The van der Waals surface area contributed by atoms with Gasteiger partial charge < -0.3 is 9.88 Å². The molecule has 2 aliphatic rings. The maximum absolute atomic E-state index is 13.3. The fourth-order valence-corrected chi connectivity index (χ4v) is 6.75. The van der Waals surface area contributed by atoms with Crippen molar-refractivity contribution in [1.82, 2.24) is 19.2 Å². The van der Waals surface area contributed by atoms with Crippen LogP contribution in [-0.4, -0.2) is 53.1 Å². The van der Waals surface area contributed by atoms with Gasteiger partial charge >= 0.3 is 0 Å². The van der Waals surface area contributed by atoms with Gasteiger partial charge in [0.25, 0.3) is 0 Å². The zero-order valence-corrected chi connectivity index (χ0v) is 19.6. The molecule has 5 rings (SSSR count). The molecule has 7 nitrogen and oxygen atoms in total. The first-order valence-electron chi connectivity index (χ1n) is 10.5. The summed E-state index contributed by atoms with van der Waals surface area (Å²) in [5.74, 6) is -0.107. The third-order valence-corrected chi connectivity index (χ3v) is 8.97. The lowest BCUT2D eigenvalue weighted by Crippen LogP contribution is -2.45. The standard InChI is InChI=1S/C22H22Cl2N4O3S/c23-15-3-4-18-16(12-15)17-13-27(9-7-19(17)26-18)22(29)14-5-10-28(11-6-14)32(30,31)20-2-1-8-25-21(20)24/h1-4,8,12,14,26H,5-7,9-11,13H2. The molecule has 0 radical (unpaired) electrons. The Morgan fingerprint density at radius 3 is 2.66 bits per heavy atom. The molecule has 1 amide bonds. The number of aromatic amines is 1. The van der Waals surface area contributed by atoms with E-state index in [0.717, 1.165) is 28.6 Å². The molecule has 0 unspecified atom stereocenters. The molecule has 32 heavy (non-hydrogen) atoms. The molecule has 168 valence electrons. The Morgan fingerprint density at radius 1 is 1.12 bits per heavy atom. The number of benzene rings is 1. The number of piperidine rings is 1. The van der Waals surface area contributed by atoms with Crippen LogP contribution in [-0.2, 0) is 27.8 Å². The van der Waals surface area contributed by atoms with Gasteiger partial charge in [-0.1, -0.05) is 23.2 Å². The number of halogens is 2. The Hall–Kier alpha value is -2.13. The first-order chi connectivity index (χ1) is 15.3. The van der Waals surface area contributed by atoms with E-state index in [4.69, 9.17) is 23.2 Å². The van der Waals surface area contributed by atoms with Crippen molar-refractivity contribution in [2.45, 2.75) is 30.7 Å². The van der Waals surface area contributed by atoms with E-state index in [1.54, 1.807) is 6.07 Å². The summed E-state index contributed by atoms with van der Waals surface area (Å²) >= 11 is 12.2. The van der Waals surface area contributed by atoms with Crippen LogP contribution in [0, 0.1) is 5.92 Å². The molecule has 2 aliphatic heterocycles. The van der Waals surface area contributed by atoms with Crippen LogP contribution in [0.2, 0.25) is 10.2 Å². The fourth-order valence-electron chi connectivity index (χ4n) is 4.68. The Bertz CT molecular complexity index is 1300. The van der Waals surface area contributed by atoms with Gasteiger partial charge in [0.15, 0.2) is 0 Å². The van der Waals surface area contributed by atoms with Crippen LogP contribution in [0.3, 0.4) is 0 Å². The molecular weight excluding hydrogens is 471 g/mol. The maximum Gasteiger partial charge on any atom is 0.246 e. The minimum atomic E-state index is -3.73. The number of sulfonamides is 1. The number of carbonyl (C=O) groups is 1. The van der Waals surface area contributed by atoms with Gasteiger partial charge in [0.05, 0.1) is 0 Å². The van der Waals surface area contributed by atoms with E-state index in [9.17, 15) is 13.2 Å². The lowest BCUT2D eigenvalue weighted by atomic mass is 9.95. The molecule has 1 N–H and O–H groups in total. The van der Waals surface area contributed by atoms with Gasteiger partial charge in [-0.3, -0.25) is 4.79 Å². The Balaban J connectivity index is 1.28. The van der Waals surface area contributed by atoms with E-state index in [0.29, 0.717) is 31.0 Å². The van der Waals surface area contributed by atoms with Gasteiger partial charge in [-0.05, 0) is 43.2 Å². The molecule has 3 aromatic rings. The Morgan fingerprint density at radius 2 is 1.91 bits per heavy atom. The number of pyridine rings is 1. The van der Waals surface area contributed by atoms with Crippen molar-refractivity contribution in [2.75, 3.05) is 19.6 Å². The van der Waals surface area contributed by atoms with Crippen LogP contribution in [0.4, 0.5) is 0 Å². The topological polar surface area (TPSA) is 86.4 Å². The Labute approximate surface area is 196 Å². The fraction of sp³-hybridized carbons (Fsp3) is 0.364. The number of nitrogens with one attached hydrogen (secondary N) is 1. The third-order valence-electron chi connectivity index (χ3n) is 6.39. The summed E-state index contributed by atoms with van der Waals surface area (Å²) in [5.41, 5.74) is 3.30. The van der Waals surface area contributed by atoms with E-state index in [2.05, 4.69) is 9.97 Å². The molecule has 1 aromatic carbocycles. The number of carbonyl (C=O) groups excluding carboxylic acids is 1. The van der Waals surface area contributed by atoms with Gasteiger partial charge in [-0.15, -0.1) is 0 Å². The van der Waals surface area contributed by atoms with Crippen LogP contribution in [0.25, 0.3) is 10.9 Å². The predicted octanol–water partition coefficient (Wildman–Crippen LogP) is 3.86. The molecule has 0 saturated carbocycles. The first kappa shape index (κ1) is 21.7. The van der Waals surface area contributed by atoms with Crippen LogP contribution >= 0.6 is 23.2 Å². The summed E-state index contributed by atoms with van der Waals surface area (Å²) in [7, 11) is -3.73. The smallest absolute Gasteiger partial charge is 0.246 e. The molecule has 10 heteroatoms. The second-order valence-electron chi connectivity index (χ2n) is 8.25. The zero-order valence-electron chi connectivity index (χ0n) is 17.2. The van der Waals surface area contributed by atoms with Crippen molar-refractivity contribution in [3.05, 3.63) is 58.0 Å². The highest BCUT2D eigenvalue weighted by atomic mass is 35.5. The van der Waals surface area contributed by atoms with Crippen molar-refractivity contribution in [3.8, 4) is 0 Å². The van der Waals surface area contributed by atoms with Crippen molar-refractivity contribution in [3.63, 3.8) is 0 Å². The summed E-state index contributed by atoms with van der Waals surface area (Å²) in [6.45, 7) is 1.76. The summed E-state index contributed by atoms with van der Waals surface area (Å²) < 4.78 is 27.3. The first-order valence-corrected chi connectivity index (χ1v) is 12.7. The van der Waals surface area contributed by atoms with Crippen LogP contribution in [0.5, 0.6) is 0 Å². The molecule has 1 fully saturated rings. The number of hydrogen-bond acceptors (Lipinski definition) is 4. The molecular formula is C22H22Cl2N4O3S. The normalized spacial score (nSPS) is 18.1. The Kier molecular flexibility index (Phi) is 5.65. The number of rotatable bonds is 3. The molecule has 2 aromatic heterocycles. The predicted molar refractivity (Wildman–Crippen MR) is 123 cm³/mol. The second-order valence-corrected chi connectivity index (χ2v) is 11.0. The lowest BCUT2D eigenvalue weighted by Gasteiger charge is -2.35. The van der Waals surface area contributed by atoms with Crippen LogP contribution in [0.15, 0.2) is 41.4 Å². The monoisotopic (exact) mass is 492 g/mol. The highest BCUT2D eigenvalue weighted by Gasteiger charge is 2.36. The molecule has 0 spiro atoms. The zero-order chi connectivity index (χ0) is 22.5. The van der Waals surface area contributed by atoms with E-state index < -0.39 is 10.0 Å². The molecule has 0 bridgehead atoms.